The predicted molar refractivity (Wildman–Crippen MR) is 87.9 cm³/mol. The molecule has 0 fully saturated rings. The Morgan fingerprint density at radius 1 is 1.12 bits per heavy atom. The number of rotatable bonds is 6. The van der Waals surface area contributed by atoms with Gasteiger partial charge in [0.05, 0.1) is 11.0 Å². The minimum Gasteiger partial charge on any atom is -0.393 e. The van der Waals surface area contributed by atoms with Crippen molar-refractivity contribution < 1.29 is 22.3 Å². The molecule has 0 radical (unpaired) electrons. The van der Waals surface area contributed by atoms with Crippen molar-refractivity contribution in [2.75, 3.05) is 0 Å². The number of benzene rings is 2. The van der Waals surface area contributed by atoms with E-state index < -0.39 is 32.5 Å². The highest BCUT2D eigenvalue weighted by atomic mass is 35.5. The van der Waals surface area contributed by atoms with Crippen molar-refractivity contribution >= 4 is 21.4 Å². The first-order chi connectivity index (χ1) is 11.2. The third-order valence-corrected chi connectivity index (χ3v) is 5.62. The van der Waals surface area contributed by atoms with Gasteiger partial charge in [-0.05, 0) is 68.1 Å². The first-order valence-electron chi connectivity index (χ1n) is 7.38. The van der Waals surface area contributed by atoms with Gasteiger partial charge in [0.15, 0.2) is 0 Å². The van der Waals surface area contributed by atoms with E-state index in [2.05, 4.69) is 0 Å². The van der Waals surface area contributed by atoms with Crippen LogP contribution < -0.4 is 0 Å². The molecule has 0 saturated heterocycles. The molecule has 0 heterocycles. The van der Waals surface area contributed by atoms with Gasteiger partial charge in [-0.1, -0.05) is 11.6 Å². The molecule has 24 heavy (non-hydrogen) atoms. The van der Waals surface area contributed by atoms with Gasteiger partial charge >= 0.3 is 0 Å². The van der Waals surface area contributed by atoms with Crippen LogP contribution in [-0.4, -0.2) is 19.6 Å². The summed E-state index contributed by atoms with van der Waals surface area (Å²) in [6, 6.07) is 6.83. The third kappa shape index (κ3) is 4.32. The standard InChI is InChI=1S/C17H17ClF2O3S/c1-11(21)3-2-4-12-9-16(20)17(10-15(12)19)24(22,23)14-7-5-13(18)6-8-14/h5-11,21H,2-4H2,1H3. The van der Waals surface area contributed by atoms with Crippen molar-refractivity contribution in [3.05, 3.63) is 58.6 Å². The molecule has 2 rings (SSSR count). The van der Waals surface area contributed by atoms with Gasteiger partial charge in [-0.3, -0.25) is 0 Å². The van der Waals surface area contributed by atoms with Crippen LogP contribution in [0.25, 0.3) is 0 Å². The zero-order valence-corrected chi connectivity index (χ0v) is 14.5. The van der Waals surface area contributed by atoms with Crippen LogP contribution in [0.15, 0.2) is 46.2 Å². The molecule has 0 saturated carbocycles. The van der Waals surface area contributed by atoms with E-state index in [0.717, 1.165) is 6.07 Å². The molecule has 0 aliphatic rings. The number of hydrogen-bond donors (Lipinski definition) is 1. The van der Waals surface area contributed by atoms with Gasteiger partial charge in [0.2, 0.25) is 9.84 Å². The van der Waals surface area contributed by atoms with E-state index in [0.29, 0.717) is 23.9 Å². The molecule has 1 atom stereocenters. The van der Waals surface area contributed by atoms with E-state index in [1.165, 1.54) is 24.3 Å². The minimum absolute atomic E-state index is 0.0863. The summed E-state index contributed by atoms with van der Waals surface area (Å²) in [5.41, 5.74) is 0.0863. The molecule has 1 N–H and O–H groups in total. The fourth-order valence-corrected chi connectivity index (χ4v) is 3.74. The van der Waals surface area contributed by atoms with E-state index in [4.69, 9.17) is 11.6 Å². The zero-order valence-electron chi connectivity index (χ0n) is 13.0. The lowest BCUT2D eigenvalue weighted by Crippen LogP contribution is -2.07. The Kier molecular flexibility index (Phi) is 5.96. The van der Waals surface area contributed by atoms with Crippen LogP contribution >= 0.6 is 11.6 Å². The number of halogens is 3. The molecule has 3 nitrogen and oxygen atoms in total. The van der Waals surface area contributed by atoms with Gasteiger partial charge in [0.1, 0.15) is 16.5 Å². The van der Waals surface area contributed by atoms with E-state index in [1.807, 2.05) is 0 Å². The van der Waals surface area contributed by atoms with Crippen LogP contribution in [0.2, 0.25) is 5.02 Å². The maximum atomic E-state index is 14.3. The summed E-state index contributed by atoms with van der Waals surface area (Å²) in [6.45, 7) is 1.61. The third-order valence-electron chi connectivity index (χ3n) is 3.58. The first kappa shape index (κ1) is 18.8. The maximum Gasteiger partial charge on any atom is 0.209 e. The number of aryl methyl sites for hydroxylation is 1. The van der Waals surface area contributed by atoms with Crippen LogP contribution in [0.4, 0.5) is 8.78 Å². The quantitative estimate of drug-likeness (QED) is 0.826. The molecule has 0 spiro atoms. The molecule has 2 aromatic carbocycles. The first-order valence-corrected chi connectivity index (χ1v) is 9.24. The van der Waals surface area contributed by atoms with E-state index in [9.17, 15) is 22.3 Å². The molecule has 2 aromatic rings. The van der Waals surface area contributed by atoms with Crippen molar-refractivity contribution in [1.82, 2.24) is 0 Å². The second-order valence-electron chi connectivity index (χ2n) is 5.57. The van der Waals surface area contributed by atoms with Crippen LogP contribution in [-0.2, 0) is 16.3 Å². The largest absolute Gasteiger partial charge is 0.393 e. The summed E-state index contributed by atoms with van der Waals surface area (Å²) in [6.07, 6.45) is 0.612. The van der Waals surface area contributed by atoms with Crippen LogP contribution in [0.5, 0.6) is 0 Å². The lowest BCUT2D eigenvalue weighted by atomic mass is 10.1. The smallest absolute Gasteiger partial charge is 0.209 e. The Hall–Kier alpha value is -1.50. The highest BCUT2D eigenvalue weighted by Gasteiger charge is 2.24. The lowest BCUT2D eigenvalue weighted by Gasteiger charge is -2.10. The summed E-state index contributed by atoms with van der Waals surface area (Å²) in [5.74, 6) is -1.78. The molecular formula is C17H17ClF2O3S. The Bertz CT molecular complexity index is 818. The fourth-order valence-electron chi connectivity index (χ4n) is 2.30. The van der Waals surface area contributed by atoms with E-state index >= 15 is 0 Å². The van der Waals surface area contributed by atoms with Crippen LogP contribution in [0.1, 0.15) is 25.3 Å². The highest BCUT2D eigenvalue weighted by Crippen LogP contribution is 2.27. The maximum absolute atomic E-state index is 14.3. The Labute approximate surface area is 144 Å². The second-order valence-corrected chi connectivity index (χ2v) is 7.93. The van der Waals surface area contributed by atoms with Crippen molar-refractivity contribution in [1.29, 1.82) is 0 Å². The summed E-state index contributed by atoms with van der Waals surface area (Å²) < 4.78 is 53.3. The molecular weight excluding hydrogens is 358 g/mol. The van der Waals surface area contributed by atoms with Crippen molar-refractivity contribution in [2.45, 2.75) is 42.1 Å². The van der Waals surface area contributed by atoms with Gasteiger partial charge in [-0.15, -0.1) is 0 Å². The summed E-state index contributed by atoms with van der Waals surface area (Å²) in [7, 11) is -4.17. The van der Waals surface area contributed by atoms with E-state index in [-0.39, 0.29) is 16.9 Å². The number of sulfone groups is 1. The molecule has 1 unspecified atom stereocenters. The van der Waals surface area contributed by atoms with Gasteiger partial charge in [-0.2, -0.15) is 0 Å². The summed E-state index contributed by atoms with van der Waals surface area (Å²) >= 11 is 5.71. The average Bonchev–Trinajstić information content (AvgIpc) is 2.50. The predicted octanol–water partition coefficient (Wildman–Crippen LogP) is 4.15. The SMILES string of the molecule is CC(O)CCCc1cc(F)c(S(=O)(=O)c2ccc(Cl)cc2)cc1F. The van der Waals surface area contributed by atoms with Gasteiger partial charge in [-0.25, -0.2) is 17.2 Å². The minimum atomic E-state index is -4.17. The molecule has 0 aliphatic heterocycles. The molecule has 7 heteroatoms. The monoisotopic (exact) mass is 374 g/mol. The molecule has 130 valence electrons. The summed E-state index contributed by atoms with van der Waals surface area (Å²) in [5, 5.41) is 9.54. The number of aliphatic hydroxyl groups excluding tert-OH is 1. The van der Waals surface area contributed by atoms with Crippen molar-refractivity contribution in [2.24, 2.45) is 0 Å². The topological polar surface area (TPSA) is 54.4 Å². The fraction of sp³-hybridized carbons (Fsp3) is 0.294. The Balaban J connectivity index is 2.34. The zero-order chi connectivity index (χ0) is 17.9. The van der Waals surface area contributed by atoms with Crippen molar-refractivity contribution in [3.63, 3.8) is 0 Å². The Morgan fingerprint density at radius 3 is 2.33 bits per heavy atom. The van der Waals surface area contributed by atoms with Crippen molar-refractivity contribution in [3.8, 4) is 0 Å². The second kappa shape index (κ2) is 7.59. The molecule has 0 bridgehead atoms. The average molecular weight is 375 g/mol. The molecule has 0 aromatic heterocycles. The highest BCUT2D eigenvalue weighted by molar-refractivity contribution is 7.91. The van der Waals surface area contributed by atoms with Gasteiger partial charge in [0.25, 0.3) is 0 Å². The summed E-state index contributed by atoms with van der Waals surface area (Å²) in [4.78, 5) is -0.867. The van der Waals surface area contributed by atoms with Gasteiger partial charge < -0.3 is 5.11 Å². The Morgan fingerprint density at radius 2 is 1.75 bits per heavy atom. The lowest BCUT2D eigenvalue weighted by molar-refractivity contribution is 0.181. The van der Waals surface area contributed by atoms with Crippen LogP contribution in [0, 0.1) is 11.6 Å². The van der Waals surface area contributed by atoms with E-state index in [1.54, 1.807) is 6.92 Å². The van der Waals surface area contributed by atoms with Gasteiger partial charge in [0, 0.05) is 5.02 Å². The molecule has 0 amide bonds. The molecule has 0 aliphatic carbocycles. The van der Waals surface area contributed by atoms with Crippen LogP contribution in [0.3, 0.4) is 0 Å². The normalized spacial score (nSPS) is 13.0. The number of aliphatic hydroxyl groups is 1. The number of hydrogen-bond acceptors (Lipinski definition) is 3.